The Morgan fingerprint density at radius 3 is 2.22 bits per heavy atom. The Morgan fingerprint density at radius 1 is 0.892 bits per heavy atom. The highest BCUT2D eigenvalue weighted by Crippen LogP contribution is 2.38. The molecule has 0 spiro atoms. The van der Waals surface area contributed by atoms with Gasteiger partial charge in [-0.3, -0.25) is 9.79 Å². The third-order valence-corrected chi connectivity index (χ3v) is 5.82. The molecule has 37 heavy (non-hydrogen) atoms. The van der Waals surface area contributed by atoms with Crippen LogP contribution in [0.15, 0.2) is 17.1 Å². The highest BCUT2D eigenvalue weighted by Gasteiger charge is 2.22. The van der Waals surface area contributed by atoms with Crippen LogP contribution in [0, 0.1) is 18.8 Å². The van der Waals surface area contributed by atoms with Crippen LogP contribution in [-0.2, 0) is 0 Å². The zero-order valence-corrected chi connectivity index (χ0v) is 22.2. The second kappa shape index (κ2) is 12.6. The number of aromatic nitrogens is 2. The van der Waals surface area contributed by atoms with Gasteiger partial charge < -0.3 is 31.3 Å². The number of hydrogen-bond acceptors (Lipinski definition) is 9. The largest absolute Gasteiger partial charge is 0.507 e. The van der Waals surface area contributed by atoms with E-state index in [1.807, 2.05) is 0 Å². The highest BCUT2D eigenvalue weighted by molar-refractivity contribution is 6.10. The van der Waals surface area contributed by atoms with Gasteiger partial charge in [-0.2, -0.15) is 0 Å². The maximum atomic E-state index is 12.9. The Balaban J connectivity index is 1.97. The summed E-state index contributed by atoms with van der Waals surface area (Å²) in [5.41, 5.74) is 1.27. The minimum Gasteiger partial charge on any atom is -0.507 e. The second-order valence-corrected chi connectivity index (χ2v) is 9.97. The van der Waals surface area contributed by atoms with Crippen molar-refractivity contribution in [2.75, 3.05) is 39.3 Å². The van der Waals surface area contributed by atoms with Gasteiger partial charge in [-0.25, -0.2) is 9.97 Å². The molecule has 200 valence electrons. The van der Waals surface area contributed by atoms with Crippen molar-refractivity contribution in [2.24, 2.45) is 16.8 Å². The number of nitrogens with zero attached hydrogens (tertiary/aromatic N) is 3. The number of phenols is 3. The van der Waals surface area contributed by atoms with Gasteiger partial charge in [-0.15, -0.1) is 0 Å². The summed E-state index contributed by atoms with van der Waals surface area (Å²) < 4.78 is 0. The number of fused-ring (bicyclic) bond motifs is 2. The fourth-order valence-corrected chi connectivity index (χ4v) is 3.82. The lowest BCUT2D eigenvalue weighted by atomic mass is 10.0. The Hall–Kier alpha value is -3.50. The minimum atomic E-state index is -0.365. The minimum absolute atomic E-state index is 0.0917. The van der Waals surface area contributed by atoms with Crippen LogP contribution in [0.2, 0.25) is 0 Å². The molecule has 1 aromatic heterocycles. The predicted molar refractivity (Wildman–Crippen MR) is 147 cm³/mol. The quantitative estimate of drug-likeness (QED) is 0.124. The molecule has 3 rings (SSSR count). The molecule has 1 heterocycles. The maximum Gasteiger partial charge on any atom is 0.253 e. The Bertz CT molecular complexity index is 1290. The van der Waals surface area contributed by atoms with Gasteiger partial charge in [0.25, 0.3) is 5.91 Å². The topological polar surface area (TPSA) is 152 Å². The molecular weight excluding hydrogens is 472 g/mol. The van der Waals surface area contributed by atoms with Gasteiger partial charge in [0.2, 0.25) is 0 Å². The van der Waals surface area contributed by atoms with E-state index in [1.54, 1.807) is 6.92 Å². The van der Waals surface area contributed by atoms with E-state index in [1.165, 1.54) is 18.3 Å². The van der Waals surface area contributed by atoms with E-state index in [2.05, 4.69) is 58.6 Å². The molecule has 6 N–H and O–H groups in total. The van der Waals surface area contributed by atoms with Gasteiger partial charge >= 0.3 is 0 Å². The standard InChI is InChI=1S/C27H38N6O4/c1-15(2)12-28-8-9-30-14-19-22-24(26(36)17(5)25(19)35)33-21-18(6-7-20(34)23(21)32-22)27(37)31-11-10-29-13-16(3)4/h6-7,14-16,28-29,34-36H,8-13H2,1-5H3,(H,31,37)/b30-14+. The summed E-state index contributed by atoms with van der Waals surface area (Å²) in [5.74, 6) is 0.0921. The summed E-state index contributed by atoms with van der Waals surface area (Å²) in [6, 6.07) is 2.86. The lowest BCUT2D eigenvalue weighted by Gasteiger charge is -2.13. The van der Waals surface area contributed by atoms with Crippen molar-refractivity contribution >= 4 is 34.2 Å². The first-order valence-corrected chi connectivity index (χ1v) is 12.7. The van der Waals surface area contributed by atoms with Crippen LogP contribution in [0.1, 0.15) is 49.2 Å². The van der Waals surface area contributed by atoms with E-state index in [4.69, 9.17) is 0 Å². The number of benzene rings is 2. The molecule has 1 amide bonds. The van der Waals surface area contributed by atoms with Gasteiger partial charge in [0.15, 0.2) is 0 Å². The molecule has 0 aliphatic rings. The van der Waals surface area contributed by atoms with Gasteiger partial charge in [0.1, 0.15) is 39.3 Å². The molecule has 3 aromatic rings. The molecule has 0 bridgehead atoms. The predicted octanol–water partition coefficient (Wildman–Crippen LogP) is 2.85. The summed E-state index contributed by atoms with van der Waals surface area (Å²) >= 11 is 0. The molecular formula is C27H38N6O4. The van der Waals surface area contributed by atoms with Gasteiger partial charge in [0.05, 0.1) is 17.7 Å². The molecule has 10 nitrogen and oxygen atoms in total. The van der Waals surface area contributed by atoms with E-state index in [0.29, 0.717) is 38.0 Å². The van der Waals surface area contributed by atoms with Crippen molar-refractivity contribution in [3.8, 4) is 17.2 Å². The Labute approximate surface area is 217 Å². The highest BCUT2D eigenvalue weighted by atomic mass is 16.3. The molecule has 0 fully saturated rings. The first-order chi connectivity index (χ1) is 17.6. The summed E-state index contributed by atoms with van der Waals surface area (Å²) in [6.45, 7) is 13.9. The lowest BCUT2D eigenvalue weighted by Crippen LogP contribution is -2.33. The fourth-order valence-electron chi connectivity index (χ4n) is 3.82. The first-order valence-electron chi connectivity index (χ1n) is 12.7. The number of aliphatic imine (C=N–C) groups is 1. The van der Waals surface area contributed by atoms with Crippen LogP contribution in [-0.4, -0.2) is 76.7 Å². The van der Waals surface area contributed by atoms with E-state index < -0.39 is 0 Å². The second-order valence-electron chi connectivity index (χ2n) is 9.97. The van der Waals surface area contributed by atoms with Crippen LogP contribution in [0.25, 0.3) is 22.1 Å². The zero-order chi connectivity index (χ0) is 27.1. The van der Waals surface area contributed by atoms with Crippen molar-refractivity contribution in [3.63, 3.8) is 0 Å². The first kappa shape index (κ1) is 28.1. The molecule has 0 saturated heterocycles. The third kappa shape index (κ3) is 6.84. The number of nitrogens with one attached hydrogen (secondary N) is 3. The van der Waals surface area contributed by atoms with E-state index >= 15 is 0 Å². The molecule has 0 aliphatic heterocycles. The fraction of sp³-hybridized carbons (Fsp3) is 0.481. The Morgan fingerprint density at radius 2 is 1.54 bits per heavy atom. The van der Waals surface area contributed by atoms with Gasteiger partial charge in [-0.1, -0.05) is 27.7 Å². The van der Waals surface area contributed by atoms with Crippen LogP contribution in [0.3, 0.4) is 0 Å². The molecule has 2 aromatic carbocycles. The molecule has 0 unspecified atom stereocenters. The van der Waals surface area contributed by atoms with Crippen molar-refractivity contribution in [1.82, 2.24) is 25.9 Å². The van der Waals surface area contributed by atoms with E-state index in [0.717, 1.165) is 13.1 Å². The monoisotopic (exact) mass is 510 g/mol. The number of phenolic OH excluding ortho intramolecular Hbond substituents is 3. The van der Waals surface area contributed by atoms with E-state index in [9.17, 15) is 20.1 Å². The molecule has 0 saturated carbocycles. The lowest BCUT2D eigenvalue weighted by molar-refractivity contribution is 0.0955. The maximum absolute atomic E-state index is 12.9. The molecule has 0 aliphatic carbocycles. The normalized spacial score (nSPS) is 12.0. The smallest absolute Gasteiger partial charge is 0.253 e. The van der Waals surface area contributed by atoms with E-state index in [-0.39, 0.29) is 61.9 Å². The number of hydrogen-bond donors (Lipinski definition) is 6. The van der Waals surface area contributed by atoms with Crippen LogP contribution in [0.4, 0.5) is 0 Å². The third-order valence-electron chi connectivity index (χ3n) is 5.82. The van der Waals surface area contributed by atoms with Crippen molar-refractivity contribution in [3.05, 3.63) is 28.8 Å². The van der Waals surface area contributed by atoms with Crippen molar-refractivity contribution in [1.29, 1.82) is 0 Å². The van der Waals surface area contributed by atoms with Gasteiger partial charge in [0, 0.05) is 31.4 Å². The van der Waals surface area contributed by atoms with Gasteiger partial charge in [-0.05, 0) is 44.0 Å². The molecule has 10 heteroatoms. The Kier molecular flexibility index (Phi) is 9.60. The number of carbonyl (C=O) groups is 1. The summed E-state index contributed by atoms with van der Waals surface area (Å²) in [4.78, 5) is 26.4. The average molecular weight is 511 g/mol. The summed E-state index contributed by atoms with van der Waals surface area (Å²) in [5, 5.41) is 41.5. The average Bonchev–Trinajstić information content (AvgIpc) is 2.85. The number of carbonyl (C=O) groups excluding carboxylic acids is 1. The molecule has 0 atom stereocenters. The summed E-state index contributed by atoms with van der Waals surface area (Å²) in [7, 11) is 0. The van der Waals surface area contributed by atoms with Crippen LogP contribution >= 0.6 is 0 Å². The number of amides is 1. The zero-order valence-electron chi connectivity index (χ0n) is 22.2. The van der Waals surface area contributed by atoms with Crippen molar-refractivity contribution in [2.45, 2.75) is 34.6 Å². The number of aromatic hydroxyl groups is 3. The molecule has 0 radical (unpaired) electrons. The summed E-state index contributed by atoms with van der Waals surface area (Å²) in [6.07, 6.45) is 1.50. The number of rotatable bonds is 12. The SMILES string of the molecule is Cc1c(O)c(/C=N/CCNCC(C)C)c2nc3c(O)ccc(C(=O)NCCNCC(C)C)c3nc2c1O. The van der Waals surface area contributed by atoms with Crippen LogP contribution in [0.5, 0.6) is 17.2 Å². The van der Waals surface area contributed by atoms with Crippen LogP contribution < -0.4 is 16.0 Å². The van der Waals surface area contributed by atoms with Crippen molar-refractivity contribution < 1.29 is 20.1 Å².